The minimum Gasteiger partial charge on any atom is -0.337 e. The molecule has 0 spiro atoms. The van der Waals surface area contributed by atoms with Crippen LogP contribution in [0, 0.1) is 17.2 Å². The van der Waals surface area contributed by atoms with Crippen LogP contribution in [-0.2, 0) is 4.79 Å². The lowest BCUT2D eigenvalue weighted by molar-refractivity contribution is -0.122. The van der Waals surface area contributed by atoms with Crippen molar-refractivity contribution in [2.24, 2.45) is 5.92 Å². The Morgan fingerprint density at radius 1 is 1.38 bits per heavy atom. The first-order valence-electron chi connectivity index (χ1n) is 7.00. The molecule has 0 fully saturated rings. The van der Waals surface area contributed by atoms with E-state index in [1.165, 1.54) is 0 Å². The number of nitriles is 1. The van der Waals surface area contributed by atoms with E-state index in [1.54, 1.807) is 6.92 Å². The summed E-state index contributed by atoms with van der Waals surface area (Å²) in [4.78, 5) is 12.0. The smallest absolute Gasteiger partial charge is 0.235 e. The van der Waals surface area contributed by atoms with Gasteiger partial charge in [-0.15, -0.1) is 0 Å². The molecule has 0 aliphatic carbocycles. The van der Waals surface area contributed by atoms with Crippen LogP contribution in [0.15, 0.2) is 24.3 Å². The summed E-state index contributed by atoms with van der Waals surface area (Å²) in [5, 5.41) is 15.7. The van der Waals surface area contributed by atoms with Crippen molar-refractivity contribution in [3.05, 3.63) is 34.9 Å². The average molecular weight is 308 g/mol. The molecule has 4 nitrogen and oxygen atoms in total. The standard InChI is InChI=1S/C16H22ClN3O/c1-11(2)16(4,10-18)20-15(21)9-19-12(3)13-7-5-6-8-14(13)17/h5-8,11-12,19H,9H2,1-4H3,(H,20,21)/t12-,16-/m0/s1. The molecule has 0 unspecified atom stereocenters. The minimum atomic E-state index is -0.855. The van der Waals surface area contributed by atoms with Crippen molar-refractivity contribution in [2.75, 3.05) is 6.54 Å². The van der Waals surface area contributed by atoms with Gasteiger partial charge in [0.2, 0.25) is 5.91 Å². The van der Waals surface area contributed by atoms with Crippen LogP contribution in [0.1, 0.15) is 39.3 Å². The van der Waals surface area contributed by atoms with Gasteiger partial charge < -0.3 is 10.6 Å². The molecule has 2 atom stereocenters. The molecule has 0 saturated carbocycles. The number of rotatable bonds is 6. The lowest BCUT2D eigenvalue weighted by Gasteiger charge is -2.27. The number of carbonyl (C=O) groups is 1. The Morgan fingerprint density at radius 2 is 2.00 bits per heavy atom. The molecule has 1 aromatic carbocycles. The summed E-state index contributed by atoms with van der Waals surface area (Å²) >= 11 is 6.12. The molecule has 0 bridgehead atoms. The molecule has 0 aliphatic rings. The highest BCUT2D eigenvalue weighted by atomic mass is 35.5. The molecule has 0 saturated heterocycles. The number of hydrogen-bond acceptors (Lipinski definition) is 3. The highest BCUT2D eigenvalue weighted by Crippen LogP contribution is 2.22. The Labute approximate surface area is 131 Å². The highest BCUT2D eigenvalue weighted by molar-refractivity contribution is 6.31. The molecule has 5 heteroatoms. The van der Waals surface area contributed by atoms with E-state index in [0.717, 1.165) is 5.56 Å². The van der Waals surface area contributed by atoms with Crippen LogP contribution in [0.4, 0.5) is 0 Å². The van der Waals surface area contributed by atoms with Crippen molar-refractivity contribution in [2.45, 2.75) is 39.3 Å². The van der Waals surface area contributed by atoms with Crippen LogP contribution in [0.2, 0.25) is 5.02 Å². The fourth-order valence-electron chi connectivity index (χ4n) is 1.82. The van der Waals surface area contributed by atoms with E-state index in [-0.39, 0.29) is 24.4 Å². The summed E-state index contributed by atoms with van der Waals surface area (Å²) in [6.45, 7) is 7.62. The molecule has 1 rings (SSSR count). The first-order chi connectivity index (χ1) is 9.80. The molecule has 0 radical (unpaired) electrons. The predicted molar refractivity (Wildman–Crippen MR) is 84.9 cm³/mol. The third-order valence-electron chi connectivity index (χ3n) is 3.73. The van der Waals surface area contributed by atoms with Crippen molar-refractivity contribution in [1.29, 1.82) is 5.26 Å². The van der Waals surface area contributed by atoms with E-state index in [4.69, 9.17) is 11.6 Å². The molecule has 114 valence electrons. The summed E-state index contributed by atoms with van der Waals surface area (Å²) < 4.78 is 0. The number of amides is 1. The Morgan fingerprint density at radius 3 is 2.52 bits per heavy atom. The lowest BCUT2D eigenvalue weighted by atomic mass is 9.90. The van der Waals surface area contributed by atoms with Crippen molar-refractivity contribution in [3.63, 3.8) is 0 Å². The van der Waals surface area contributed by atoms with Crippen molar-refractivity contribution in [1.82, 2.24) is 10.6 Å². The molecule has 0 aliphatic heterocycles. The van der Waals surface area contributed by atoms with Gasteiger partial charge in [0.05, 0.1) is 12.6 Å². The fraction of sp³-hybridized carbons (Fsp3) is 0.500. The third-order valence-corrected chi connectivity index (χ3v) is 4.07. The molecule has 0 aromatic heterocycles. The van der Waals surface area contributed by atoms with Crippen LogP contribution in [0.3, 0.4) is 0 Å². The van der Waals surface area contributed by atoms with Crippen molar-refractivity contribution >= 4 is 17.5 Å². The zero-order chi connectivity index (χ0) is 16.0. The number of nitrogens with zero attached hydrogens (tertiary/aromatic N) is 1. The third kappa shape index (κ3) is 4.73. The molecule has 1 amide bonds. The number of nitrogens with one attached hydrogen (secondary N) is 2. The maximum absolute atomic E-state index is 12.0. The normalized spacial score (nSPS) is 15.1. The van der Waals surface area contributed by atoms with Crippen LogP contribution in [0.5, 0.6) is 0 Å². The van der Waals surface area contributed by atoms with Crippen LogP contribution in [-0.4, -0.2) is 18.0 Å². The van der Waals surface area contributed by atoms with E-state index in [2.05, 4.69) is 16.7 Å². The molecule has 0 heterocycles. The highest BCUT2D eigenvalue weighted by Gasteiger charge is 2.29. The van der Waals surface area contributed by atoms with Crippen LogP contribution in [0.25, 0.3) is 0 Å². The largest absolute Gasteiger partial charge is 0.337 e. The maximum atomic E-state index is 12.0. The average Bonchev–Trinajstić information content (AvgIpc) is 2.44. The second kappa shape index (κ2) is 7.44. The molecule has 1 aromatic rings. The van der Waals surface area contributed by atoms with Gasteiger partial charge in [-0.3, -0.25) is 4.79 Å². The van der Waals surface area contributed by atoms with E-state index >= 15 is 0 Å². The Kier molecular flexibility index (Phi) is 6.19. The number of halogens is 1. The van der Waals surface area contributed by atoms with E-state index < -0.39 is 5.54 Å². The molecular weight excluding hydrogens is 286 g/mol. The number of benzene rings is 1. The Bertz CT molecular complexity index is 539. The summed E-state index contributed by atoms with van der Waals surface area (Å²) in [5.41, 5.74) is 0.0886. The zero-order valence-corrected chi connectivity index (χ0v) is 13.7. The summed E-state index contributed by atoms with van der Waals surface area (Å²) in [6, 6.07) is 9.63. The van der Waals surface area contributed by atoms with Gasteiger partial charge in [0.25, 0.3) is 0 Å². The maximum Gasteiger partial charge on any atom is 0.235 e. The van der Waals surface area contributed by atoms with E-state index in [1.807, 2.05) is 45.0 Å². The predicted octanol–water partition coefficient (Wildman–Crippen LogP) is 3.05. The quantitative estimate of drug-likeness (QED) is 0.849. The number of carbonyl (C=O) groups excluding carboxylic acids is 1. The summed E-state index contributed by atoms with van der Waals surface area (Å²) in [7, 11) is 0. The SMILES string of the molecule is CC(C)[C@](C)(C#N)NC(=O)CN[C@@H](C)c1ccccc1Cl. The topological polar surface area (TPSA) is 64.9 Å². The first kappa shape index (κ1) is 17.5. The van der Waals surface area contributed by atoms with Gasteiger partial charge in [0.15, 0.2) is 0 Å². The fourth-order valence-corrected chi connectivity index (χ4v) is 2.12. The van der Waals surface area contributed by atoms with Gasteiger partial charge >= 0.3 is 0 Å². The second-order valence-electron chi connectivity index (χ2n) is 5.64. The Balaban J connectivity index is 2.58. The Hall–Kier alpha value is -1.57. The monoisotopic (exact) mass is 307 g/mol. The first-order valence-corrected chi connectivity index (χ1v) is 7.38. The van der Waals surface area contributed by atoms with Gasteiger partial charge in [0.1, 0.15) is 5.54 Å². The van der Waals surface area contributed by atoms with Gasteiger partial charge in [-0.2, -0.15) is 5.26 Å². The number of hydrogen-bond donors (Lipinski definition) is 2. The van der Waals surface area contributed by atoms with E-state index in [9.17, 15) is 10.1 Å². The molecule has 21 heavy (non-hydrogen) atoms. The summed E-state index contributed by atoms with van der Waals surface area (Å²) in [5.74, 6) is -0.168. The minimum absolute atomic E-state index is 0.0347. The van der Waals surface area contributed by atoms with Gasteiger partial charge in [0, 0.05) is 11.1 Å². The van der Waals surface area contributed by atoms with Gasteiger partial charge in [-0.25, -0.2) is 0 Å². The van der Waals surface area contributed by atoms with Gasteiger partial charge in [-0.05, 0) is 31.4 Å². The van der Waals surface area contributed by atoms with Gasteiger partial charge in [-0.1, -0.05) is 43.6 Å². The lowest BCUT2D eigenvalue weighted by Crippen LogP contribution is -2.51. The summed E-state index contributed by atoms with van der Waals surface area (Å²) in [6.07, 6.45) is 0. The second-order valence-corrected chi connectivity index (χ2v) is 6.05. The van der Waals surface area contributed by atoms with Crippen molar-refractivity contribution in [3.8, 4) is 6.07 Å². The zero-order valence-electron chi connectivity index (χ0n) is 12.9. The van der Waals surface area contributed by atoms with Crippen LogP contribution >= 0.6 is 11.6 Å². The van der Waals surface area contributed by atoms with Crippen LogP contribution < -0.4 is 10.6 Å². The molecular formula is C16H22ClN3O. The van der Waals surface area contributed by atoms with Crippen molar-refractivity contribution < 1.29 is 4.79 Å². The molecule has 2 N–H and O–H groups in total. The van der Waals surface area contributed by atoms with E-state index in [0.29, 0.717) is 5.02 Å².